The highest BCUT2D eigenvalue weighted by Crippen LogP contribution is 2.63. The van der Waals surface area contributed by atoms with Crippen LogP contribution in [0.4, 0.5) is 0 Å². The fraction of sp³-hybridized carbons (Fsp3) is 0.567. The molecule has 0 aromatic carbocycles. The van der Waals surface area contributed by atoms with E-state index in [2.05, 4.69) is 42.1 Å². The Morgan fingerprint density at radius 2 is 1.73 bits per heavy atom. The van der Waals surface area contributed by atoms with Gasteiger partial charge in [0, 0.05) is 12.8 Å². The van der Waals surface area contributed by atoms with Gasteiger partial charge in [0.25, 0.3) is 0 Å². The van der Waals surface area contributed by atoms with Crippen molar-refractivity contribution in [1.82, 2.24) is 19.5 Å². The van der Waals surface area contributed by atoms with Crippen molar-refractivity contribution >= 4 is 11.2 Å². The summed E-state index contributed by atoms with van der Waals surface area (Å²) in [6, 6.07) is 3.87. The lowest BCUT2D eigenvalue weighted by molar-refractivity contribution is -0.156. The van der Waals surface area contributed by atoms with Crippen LogP contribution in [-0.4, -0.2) is 37.5 Å². The van der Waals surface area contributed by atoms with Gasteiger partial charge >= 0.3 is 0 Å². The van der Waals surface area contributed by atoms with E-state index in [-0.39, 0.29) is 18.2 Å². The van der Waals surface area contributed by atoms with Gasteiger partial charge in [-0.3, -0.25) is 4.57 Å². The van der Waals surface area contributed by atoms with Crippen molar-refractivity contribution in [1.29, 1.82) is 0 Å². The average Bonchev–Trinajstić information content (AvgIpc) is 3.19. The van der Waals surface area contributed by atoms with Crippen LogP contribution in [0, 0.1) is 35.5 Å². The standard InChI is InChI=1S/C30H34N4O3/c1-5-7-9-11-14-21-24-29(32-23(31-21)16-12-10-8-6-2)34(28(33-24)22-15-13-17-35-22)25-19-18-20(19)26-27(25)37-30(3,4)36-26/h13,15,17,19-20,25-27H,5-10,18H2,1-4H3. The highest BCUT2D eigenvalue weighted by atomic mass is 16.8. The number of nitrogens with zero attached hydrogens (tertiary/aromatic N) is 4. The van der Waals surface area contributed by atoms with Crippen LogP contribution in [0.5, 0.6) is 0 Å². The molecule has 7 nitrogen and oxygen atoms in total. The summed E-state index contributed by atoms with van der Waals surface area (Å²) in [5.74, 6) is 15.3. The number of aromatic nitrogens is 4. The molecule has 2 aliphatic carbocycles. The summed E-state index contributed by atoms with van der Waals surface area (Å²) in [7, 11) is 0. The van der Waals surface area contributed by atoms with Crippen molar-refractivity contribution in [3.63, 3.8) is 0 Å². The fourth-order valence-electron chi connectivity index (χ4n) is 5.80. The number of ether oxygens (including phenoxy) is 2. The zero-order valence-corrected chi connectivity index (χ0v) is 22.1. The first kappa shape index (κ1) is 24.2. The zero-order valence-electron chi connectivity index (χ0n) is 22.1. The van der Waals surface area contributed by atoms with Crippen molar-refractivity contribution in [2.45, 2.75) is 96.7 Å². The molecule has 0 spiro atoms. The van der Waals surface area contributed by atoms with Crippen LogP contribution in [-0.2, 0) is 9.47 Å². The monoisotopic (exact) mass is 498 g/mol. The Morgan fingerprint density at radius 3 is 2.46 bits per heavy atom. The predicted molar refractivity (Wildman–Crippen MR) is 140 cm³/mol. The highest BCUT2D eigenvalue weighted by Gasteiger charge is 2.67. The third-order valence-corrected chi connectivity index (χ3v) is 7.55. The van der Waals surface area contributed by atoms with Crippen molar-refractivity contribution < 1.29 is 13.9 Å². The van der Waals surface area contributed by atoms with Crippen LogP contribution in [0.15, 0.2) is 22.8 Å². The molecule has 7 heteroatoms. The van der Waals surface area contributed by atoms with Crippen LogP contribution < -0.4 is 0 Å². The number of unbranched alkanes of at least 4 members (excludes halogenated alkanes) is 4. The van der Waals surface area contributed by atoms with Gasteiger partial charge in [-0.05, 0) is 68.9 Å². The molecule has 6 rings (SSSR count). The number of furan rings is 1. The highest BCUT2D eigenvalue weighted by molar-refractivity contribution is 5.81. The van der Waals surface area contributed by atoms with E-state index in [4.69, 9.17) is 28.8 Å². The number of fused-ring (bicyclic) bond motifs is 4. The van der Waals surface area contributed by atoms with Gasteiger partial charge in [-0.2, -0.15) is 0 Å². The molecule has 0 bridgehead atoms. The largest absolute Gasteiger partial charge is 0.461 e. The molecule has 3 aromatic heterocycles. The normalized spacial score (nSPS) is 26.8. The van der Waals surface area contributed by atoms with Gasteiger partial charge < -0.3 is 13.9 Å². The van der Waals surface area contributed by atoms with Crippen molar-refractivity contribution in [3.8, 4) is 35.3 Å². The summed E-state index contributed by atoms with van der Waals surface area (Å²) in [5.41, 5.74) is 2.05. The van der Waals surface area contributed by atoms with E-state index in [1.165, 1.54) is 0 Å². The third kappa shape index (κ3) is 4.45. The van der Waals surface area contributed by atoms with Gasteiger partial charge in [0.2, 0.25) is 5.82 Å². The molecule has 1 aliphatic heterocycles. The number of imidazole rings is 1. The molecule has 3 aliphatic rings. The second-order valence-corrected chi connectivity index (χ2v) is 10.8. The summed E-state index contributed by atoms with van der Waals surface area (Å²) in [5, 5.41) is 0. The molecular weight excluding hydrogens is 464 g/mol. The maximum Gasteiger partial charge on any atom is 0.208 e. The quantitative estimate of drug-likeness (QED) is 0.312. The van der Waals surface area contributed by atoms with Crippen molar-refractivity contribution in [2.24, 2.45) is 11.8 Å². The van der Waals surface area contributed by atoms with Crippen molar-refractivity contribution in [3.05, 3.63) is 29.9 Å². The Hall–Kier alpha value is -3.13. The summed E-state index contributed by atoms with van der Waals surface area (Å²) in [6.07, 6.45) is 8.76. The van der Waals surface area contributed by atoms with Gasteiger partial charge in [0.15, 0.2) is 23.0 Å². The smallest absolute Gasteiger partial charge is 0.208 e. The first-order valence-electron chi connectivity index (χ1n) is 13.7. The first-order chi connectivity index (χ1) is 18.0. The van der Waals surface area contributed by atoms with E-state index in [0.29, 0.717) is 34.6 Å². The molecule has 4 heterocycles. The minimum absolute atomic E-state index is 0.0403. The summed E-state index contributed by atoms with van der Waals surface area (Å²) >= 11 is 0. The lowest BCUT2D eigenvalue weighted by atomic mass is 10.1. The van der Waals surface area contributed by atoms with Gasteiger partial charge in [0.1, 0.15) is 17.3 Å². The molecule has 5 atom stereocenters. The molecule has 0 amide bonds. The Morgan fingerprint density at radius 1 is 0.973 bits per heavy atom. The Balaban J connectivity index is 1.53. The SMILES string of the molecule is CCCCC#Cc1nc(C#CCCCC)c2nc(-c3ccco3)n(C3C4CC4C4OC(C)(C)OC43)c2n1. The van der Waals surface area contributed by atoms with Crippen LogP contribution >= 0.6 is 0 Å². The van der Waals surface area contributed by atoms with Crippen LogP contribution in [0.3, 0.4) is 0 Å². The van der Waals surface area contributed by atoms with E-state index in [1.807, 2.05) is 26.0 Å². The summed E-state index contributed by atoms with van der Waals surface area (Å²) in [4.78, 5) is 14.8. The lowest BCUT2D eigenvalue weighted by Crippen LogP contribution is -2.30. The Bertz CT molecular complexity index is 1420. The van der Waals surface area contributed by atoms with E-state index in [0.717, 1.165) is 56.4 Å². The topological polar surface area (TPSA) is 75.2 Å². The van der Waals surface area contributed by atoms with Crippen LogP contribution in [0.25, 0.3) is 22.7 Å². The molecule has 5 unspecified atom stereocenters. The van der Waals surface area contributed by atoms with Gasteiger partial charge in [-0.15, -0.1) is 0 Å². The number of hydrogen-bond acceptors (Lipinski definition) is 6. The molecule has 3 aromatic rings. The summed E-state index contributed by atoms with van der Waals surface area (Å²) < 4.78 is 20.9. The molecular formula is C30H34N4O3. The molecule has 0 N–H and O–H groups in total. The average molecular weight is 499 g/mol. The molecule has 37 heavy (non-hydrogen) atoms. The second kappa shape index (κ2) is 9.63. The fourth-order valence-corrected chi connectivity index (χ4v) is 5.80. The Labute approximate surface area is 218 Å². The molecule has 0 radical (unpaired) electrons. The number of rotatable bonds is 6. The molecule has 3 fully saturated rings. The second-order valence-electron chi connectivity index (χ2n) is 10.8. The van der Waals surface area contributed by atoms with E-state index in [1.54, 1.807) is 6.26 Å². The lowest BCUT2D eigenvalue weighted by Gasteiger charge is -2.25. The van der Waals surface area contributed by atoms with Gasteiger partial charge in [-0.1, -0.05) is 38.5 Å². The van der Waals surface area contributed by atoms with E-state index >= 15 is 0 Å². The molecule has 2 saturated carbocycles. The van der Waals surface area contributed by atoms with Crippen LogP contribution in [0.2, 0.25) is 0 Å². The van der Waals surface area contributed by atoms with Crippen LogP contribution in [0.1, 0.15) is 90.2 Å². The molecule has 192 valence electrons. The minimum Gasteiger partial charge on any atom is -0.461 e. The van der Waals surface area contributed by atoms with Crippen molar-refractivity contribution in [2.75, 3.05) is 0 Å². The maximum atomic E-state index is 6.47. The maximum absolute atomic E-state index is 6.47. The summed E-state index contributed by atoms with van der Waals surface area (Å²) in [6.45, 7) is 8.33. The minimum atomic E-state index is -0.608. The predicted octanol–water partition coefficient (Wildman–Crippen LogP) is 5.88. The molecule has 1 saturated heterocycles. The third-order valence-electron chi connectivity index (χ3n) is 7.55. The number of hydrogen-bond donors (Lipinski definition) is 0. The van der Waals surface area contributed by atoms with E-state index in [9.17, 15) is 0 Å². The first-order valence-corrected chi connectivity index (χ1v) is 13.7. The Kier molecular flexibility index (Phi) is 6.31. The van der Waals surface area contributed by atoms with E-state index < -0.39 is 5.79 Å². The van der Waals surface area contributed by atoms with Gasteiger partial charge in [0.05, 0.1) is 18.4 Å². The zero-order chi connectivity index (χ0) is 25.6. The van der Waals surface area contributed by atoms with Gasteiger partial charge in [-0.25, -0.2) is 15.0 Å².